The van der Waals surface area contributed by atoms with Gasteiger partial charge in [-0.1, -0.05) is 27.7 Å². The van der Waals surface area contributed by atoms with Crippen molar-refractivity contribution in [2.75, 3.05) is 5.32 Å². The Bertz CT molecular complexity index is 564. The van der Waals surface area contributed by atoms with Crippen molar-refractivity contribution in [2.45, 2.75) is 40.2 Å². The predicted molar refractivity (Wildman–Crippen MR) is 88.3 cm³/mol. The molecule has 0 saturated heterocycles. The molecule has 0 spiro atoms. The second-order valence-electron chi connectivity index (χ2n) is 6.22. The first-order chi connectivity index (χ1) is 10.7. The molecule has 1 rings (SSSR count). The van der Waals surface area contributed by atoms with Gasteiger partial charge in [0.25, 0.3) is 5.91 Å². The minimum atomic E-state index is -1.05. The monoisotopic (exact) mass is 320 g/mol. The van der Waals surface area contributed by atoms with E-state index in [1.54, 1.807) is 38.1 Å². The molecule has 6 nitrogen and oxygen atoms in total. The highest BCUT2D eigenvalue weighted by Crippen LogP contribution is 2.12. The Hall–Kier alpha value is -2.37. The van der Waals surface area contributed by atoms with Gasteiger partial charge in [-0.25, -0.2) is 4.79 Å². The Morgan fingerprint density at radius 1 is 1.04 bits per heavy atom. The topological polar surface area (TPSA) is 95.5 Å². The molecule has 0 aromatic heterocycles. The number of nitrogens with one attached hydrogen (secondary N) is 2. The van der Waals surface area contributed by atoms with Gasteiger partial charge < -0.3 is 15.7 Å². The number of benzene rings is 1. The number of hydrogen-bond acceptors (Lipinski definition) is 3. The lowest BCUT2D eigenvalue weighted by Gasteiger charge is -2.16. The minimum absolute atomic E-state index is 0.106. The number of aliphatic carboxylic acids is 1. The van der Waals surface area contributed by atoms with Crippen LogP contribution in [0, 0.1) is 11.8 Å². The summed E-state index contributed by atoms with van der Waals surface area (Å²) in [7, 11) is 0. The van der Waals surface area contributed by atoms with E-state index in [4.69, 9.17) is 5.11 Å². The fourth-order valence-corrected chi connectivity index (χ4v) is 1.93. The third-order valence-corrected chi connectivity index (χ3v) is 3.25. The molecule has 0 bridgehead atoms. The van der Waals surface area contributed by atoms with Crippen molar-refractivity contribution in [3.05, 3.63) is 29.8 Å². The van der Waals surface area contributed by atoms with Gasteiger partial charge in [-0.2, -0.15) is 0 Å². The Balaban J connectivity index is 2.73. The Morgan fingerprint density at radius 2 is 1.61 bits per heavy atom. The number of anilines is 1. The first-order valence-electron chi connectivity index (χ1n) is 7.65. The van der Waals surface area contributed by atoms with Crippen LogP contribution in [0.4, 0.5) is 5.69 Å². The fraction of sp³-hybridized carbons (Fsp3) is 0.471. The molecule has 2 amide bonds. The Morgan fingerprint density at radius 3 is 2.04 bits per heavy atom. The molecule has 126 valence electrons. The largest absolute Gasteiger partial charge is 0.480 e. The van der Waals surface area contributed by atoms with Gasteiger partial charge in [-0.3, -0.25) is 9.59 Å². The maximum absolute atomic E-state index is 12.1. The number of carbonyl (C=O) groups is 3. The highest BCUT2D eigenvalue weighted by atomic mass is 16.4. The maximum atomic E-state index is 12.1. The number of amides is 2. The van der Waals surface area contributed by atoms with Crippen LogP contribution < -0.4 is 10.6 Å². The second-order valence-corrected chi connectivity index (χ2v) is 6.22. The molecule has 1 aromatic rings. The van der Waals surface area contributed by atoms with Crippen molar-refractivity contribution in [3.63, 3.8) is 0 Å². The second kappa shape index (κ2) is 8.31. The molecule has 0 fully saturated rings. The van der Waals surface area contributed by atoms with Crippen molar-refractivity contribution in [1.82, 2.24) is 5.32 Å². The highest BCUT2D eigenvalue weighted by molar-refractivity contribution is 5.97. The molecular weight excluding hydrogens is 296 g/mol. The molecule has 0 radical (unpaired) electrons. The van der Waals surface area contributed by atoms with Crippen LogP contribution in [0.2, 0.25) is 0 Å². The summed E-state index contributed by atoms with van der Waals surface area (Å²) in [6.07, 6.45) is 0.365. The third kappa shape index (κ3) is 6.10. The van der Waals surface area contributed by atoms with E-state index in [0.717, 1.165) is 0 Å². The molecule has 0 aliphatic heterocycles. The molecule has 1 atom stereocenters. The van der Waals surface area contributed by atoms with E-state index < -0.39 is 17.9 Å². The summed E-state index contributed by atoms with van der Waals surface area (Å²) in [5, 5.41) is 14.4. The van der Waals surface area contributed by atoms with Crippen LogP contribution in [0.1, 0.15) is 44.5 Å². The molecule has 1 aromatic carbocycles. The molecular formula is C17H24N2O4. The maximum Gasteiger partial charge on any atom is 0.326 e. The zero-order chi connectivity index (χ0) is 17.6. The Labute approximate surface area is 136 Å². The molecule has 6 heteroatoms. The van der Waals surface area contributed by atoms with Crippen molar-refractivity contribution in [1.29, 1.82) is 0 Å². The lowest BCUT2D eigenvalue weighted by molar-refractivity contribution is -0.139. The van der Waals surface area contributed by atoms with Crippen LogP contribution in [0.3, 0.4) is 0 Å². The number of hydrogen-bond donors (Lipinski definition) is 3. The van der Waals surface area contributed by atoms with Crippen LogP contribution in [-0.2, 0) is 9.59 Å². The van der Waals surface area contributed by atoms with Gasteiger partial charge >= 0.3 is 5.97 Å². The summed E-state index contributed by atoms with van der Waals surface area (Å²) in [6, 6.07) is 5.43. The van der Waals surface area contributed by atoms with Crippen molar-refractivity contribution in [2.24, 2.45) is 11.8 Å². The van der Waals surface area contributed by atoms with Gasteiger partial charge in [-0.05, 0) is 36.6 Å². The predicted octanol–water partition coefficient (Wildman–Crippen LogP) is 2.51. The lowest BCUT2D eigenvalue weighted by Crippen LogP contribution is -2.41. The zero-order valence-electron chi connectivity index (χ0n) is 13.9. The fourth-order valence-electron chi connectivity index (χ4n) is 1.93. The van der Waals surface area contributed by atoms with Crippen LogP contribution in [0.5, 0.6) is 0 Å². The average Bonchev–Trinajstić information content (AvgIpc) is 2.46. The highest BCUT2D eigenvalue weighted by Gasteiger charge is 2.21. The van der Waals surface area contributed by atoms with Crippen LogP contribution in [0.15, 0.2) is 24.3 Å². The van der Waals surface area contributed by atoms with E-state index in [1.165, 1.54) is 0 Å². The SMILES string of the molecule is CC(C)CC(NC(=O)c1ccc(NC(=O)C(C)C)cc1)C(=O)O. The molecule has 3 N–H and O–H groups in total. The quantitative estimate of drug-likeness (QED) is 0.719. The van der Waals surface area contributed by atoms with E-state index in [1.807, 2.05) is 13.8 Å². The smallest absolute Gasteiger partial charge is 0.326 e. The summed E-state index contributed by atoms with van der Waals surface area (Å²) in [5.41, 5.74) is 0.944. The molecule has 1 unspecified atom stereocenters. The van der Waals surface area contributed by atoms with Crippen molar-refractivity contribution in [3.8, 4) is 0 Å². The van der Waals surface area contributed by atoms with E-state index in [9.17, 15) is 14.4 Å². The van der Waals surface area contributed by atoms with Crippen molar-refractivity contribution >= 4 is 23.5 Å². The standard InChI is InChI=1S/C17H24N2O4/c1-10(2)9-14(17(22)23)19-16(21)12-5-7-13(8-6-12)18-15(20)11(3)4/h5-8,10-11,14H,9H2,1-4H3,(H,18,20)(H,19,21)(H,22,23). The number of rotatable bonds is 7. The van der Waals surface area contributed by atoms with Gasteiger partial charge in [-0.15, -0.1) is 0 Å². The molecule has 0 aliphatic carbocycles. The summed E-state index contributed by atoms with van der Waals surface area (Å²) >= 11 is 0. The first kappa shape index (κ1) is 18.7. The lowest BCUT2D eigenvalue weighted by atomic mass is 10.0. The minimum Gasteiger partial charge on any atom is -0.480 e. The third-order valence-electron chi connectivity index (χ3n) is 3.25. The number of carboxylic acid groups (broad SMARTS) is 1. The average molecular weight is 320 g/mol. The summed E-state index contributed by atoms with van der Waals surface area (Å²) < 4.78 is 0. The molecule has 0 saturated carbocycles. The van der Waals surface area contributed by atoms with Gasteiger partial charge in [0.1, 0.15) is 6.04 Å². The van der Waals surface area contributed by atoms with E-state index >= 15 is 0 Å². The van der Waals surface area contributed by atoms with Gasteiger partial charge in [0.05, 0.1) is 0 Å². The first-order valence-corrected chi connectivity index (χ1v) is 7.65. The van der Waals surface area contributed by atoms with Crippen molar-refractivity contribution < 1.29 is 19.5 Å². The van der Waals surface area contributed by atoms with Gasteiger partial charge in [0, 0.05) is 17.2 Å². The van der Waals surface area contributed by atoms with Crippen LogP contribution in [0.25, 0.3) is 0 Å². The van der Waals surface area contributed by atoms with Crippen LogP contribution in [-0.4, -0.2) is 28.9 Å². The molecule has 0 aliphatic rings. The summed E-state index contributed by atoms with van der Waals surface area (Å²) in [5.74, 6) is -1.58. The van der Waals surface area contributed by atoms with Crippen LogP contribution >= 0.6 is 0 Å². The van der Waals surface area contributed by atoms with E-state index in [2.05, 4.69) is 10.6 Å². The molecule has 0 heterocycles. The summed E-state index contributed by atoms with van der Waals surface area (Å²) in [6.45, 7) is 7.37. The zero-order valence-corrected chi connectivity index (χ0v) is 13.9. The summed E-state index contributed by atoms with van der Waals surface area (Å²) in [4.78, 5) is 34.9. The van der Waals surface area contributed by atoms with E-state index in [0.29, 0.717) is 17.7 Å². The molecule has 23 heavy (non-hydrogen) atoms. The Kier molecular flexibility index (Phi) is 6.75. The van der Waals surface area contributed by atoms with E-state index in [-0.39, 0.29) is 17.7 Å². The number of carbonyl (C=O) groups excluding carboxylic acids is 2. The van der Waals surface area contributed by atoms with Gasteiger partial charge in [0.2, 0.25) is 5.91 Å². The van der Waals surface area contributed by atoms with Gasteiger partial charge in [0.15, 0.2) is 0 Å². The normalized spacial score (nSPS) is 12.1. The number of carboxylic acids is 1.